The Bertz CT molecular complexity index is 197. The van der Waals surface area contributed by atoms with Crippen LogP contribution in [0.1, 0.15) is 19.8 Å². The summed E-state index contributed by atoms with van der Waals surface area (Å²) < 4.78 is 0. The minimum atomic E-state index is -0.189. The van der Waals surface area contributed by atoms with Crippen LogP contribution < -0.4 is 5.73 Å². The van der Waals surface area contributed by atoms with Crippen LogP contribution in [0.25, 0.3) is 0 Å². The summed E-state index contributed by atoms with van der Waals surface area (Å²) in [6.07, 6.45) is 1.95. The molecule has 2 unspecified atom stereocenters. The van der Waals surface area contributed by atoms with E-state index in [1.54, 1.807) is 0 Å². The number of aliphatic hydroxyl groups is 1. The molecule has 2 atom stereocenters. The average Bonchev–Trinajstić information content (AvgIpc) is 2.18. The van der Waals surface area contributed by atoms with Gasteiger partial charge in [-0.05, 0) is 25.3 Å². The van der Waals surface area contributed by atoms with Crippen LogP contribution >= 0.6 is 0 Å². The highest BCUT2D eigenvalue weighted by molar-refractivity contribution is 5.76. The van der Waals surface area contributed by atoms with Crippen LogP contribution in [0, 0.1) is 11.8 Å². The Morgan fingerprint density at radius 3 is 3.00 bits per heavy atom. The molecule has 1 amide bonds. The SMILES string of the molecule is CC(CO)CN1CCCC(C(N)=O)C1. The van der Waals surface area contributed by atoms with Gasteiger partial charge in [0.25, 0.3) is 0 Å². The topological polar surface area (TPSA) is 66.6 Å². The third-order valence-electron chi connectivity index (χ3n) is 2.79. The molecule has 4 nitrogen and oxygen atoms in total. The fraction of sp³-hybridized carbons (Fsp3) is 0.900. The normalized spacial score (nSPS) is 26.0. The number of rotatable bonds is 4. The van der Waals surface area contributed by atoms with Crippen molar-refractivity contribution in [3.63, 3.8) is 0 Å². The molecule has 0 aromatic carbocycles. The average molecular weight is 200 g/mol. The summed E-state index contributed by atoms with van der Waals surface area (Å²) in [5.74, 6) is 0.0996. The molecule has 0 bridgehead atoms. The van der Waals surface area contributed by atoms with E-state index in [2.05, 4.69) is 4.90 Å². The molecule has 1 aliphatic rings. The van der Waals surface area contributed by atoms with Crippen LogP contribution in [0.4, 0.5) is 0 Å². The molecule has 1 heterocycles. The second kappa shape index (κ2) is 5.32. The van der Waals surface area contributed by atoms with Gasteiger partial charge in [-0.25, -0.2) is 0 Å². The van der Waals surface area contributed by atoms with Gasteiger partial charge in [0.05, 0.1) is 5.92 Å². The molecule has 0 saturated carbocycles. The summed E-state index contributed by atoms with van der Waals surface area (Å²) in [6, 6.07) is 0. The van der Waals surface area contributed by atoms with Gasteiger partial charge >= 0.3 is 0 Å². The first kappa shape index (κ1) is 11.5. The van der Waals surface area contributed by atoms with Gasteiger partial charge in [0.1, 0.15) is 0 Å². The number of nitrogens with zero attached hydrogens (tertiary/aromatic N) is 1. The van der Waals surface area contributed by atoms with Crippen LogP contribution in [0.5, 0.6) is 0 Å². The highest BCUT2D eigenvalue weighted by Crippen LogP contribution is 2.16. The minimum absolute atomic E-state index is 0.00893. The fourth-order valence-corrected chi connectivity index (χ4v) is 1.95. The summed E-state index contributed by atoms with van der Waals surface area (Å²) in [4.78, 5) is 13.2. The molecule has 82 valence electrons. The molecule has 4 heteroatoms. The van der Waals surface area contributed by atoms with Crippen molar-refractivity contribution in [1.82, 2.24) is 4.90 Å². The van der Waals surface area contributed by atoms with Gasteiger partial charge in [-0.15, -0.1) is 0 Å². The lowest BCUT2D eigenvalue weighted by atomic mass is 9.97. The molecular formula is C10H20N2O2. The molecule has 1 fully saturated rings. The van der Waals surface area contributed by atoms with E-state index in [9.17, 15) is 4.79 Å². The summed E-state index contributed by atoms with van der Waals surface area (Å²) in [5.41, 5.74) is 5.28. The van der Waals surface area contributed by atoms with E-state index in [1.165, 1.54) is 0 Å². The maximum absolute atomic E-state index is 11.0. The second-order valence-electron chi connectivity index (χ2n) is 4.29. The first-order chi connectivity index (χ1) is 6.63. The zero-order valence-corrected chi connectivity index (χ0v) is 8.78. The Hall–Kier alpha value is -0.610. The van der Waals surface area contributed by atoms with Crippen molar-refractivity contribution in [2.24, 2.45) is 17.6 Å². The number of piperidine rings is 1. The maximum atomic E-state index is 11.0. The van der Waals surface area contributed by atoms with Crippen LogP contribution in [-0.4, -0.2) is 42.2 Å². The van der Waals surface area contributed by atoms with E-state index in [4.69, 9.17) is 10.8 Å². The lowest BCUT2D eigenvalue weighted by Crippen LogP contribution is -2.43. The zero-order chi connectivity index (χ0) is 10.6. The lowest BCUT2D eigenvalue weighted by molar-refractivity contribution is -0.123. The Kier molecular flexibility index (Phi) is 4.35. The van der Waals surface area contributed by atoms with E-state index >= 15 is 0 Å². The number of aliphatic hydroxyl groups excluding tert-OH is 1. The Morgan fingerprint density at radius 2 is 2.43 bits per heavy atom. The Morgan fingerprint density at radius 1 is 1.71 bits per heavy atom. The molecule has 1 saturated heterocycles. The van der Waals surface area contributed by atoms with Gasteiger partial charge in [-0.2, -0.15) is 0 Å². The number of hydrogen-bond donors (Lipinski definition) is 2. The van der Waals surface area contributed by atoms with E-state index in [1.807, 2.05) is 6.92 Å². The summed E-state index contributed by atoms with van der Waals surface area (Å²) in [5, 5.41) is 8.92. The van der Waals surface area contributed by atoms with Crippen LogP contribution in [0.3, 0.4) is 0 Å². The molecule has 1 rings (SSSR count). The molecule has 0 radical (unpaired) electrons. The van der Waals surface area contributed by atoms with Gasteiger partial charge in [0.2, 0.25) is 5.91 Å². The number of likely N-dealkylation sites (tertiary alicyclic amines) is 1. The van der Waals surface area contributed by atoms with Gasteiger partial charge in [0, 0.05) is 19.7 Å². The molecule has 1 aliphatic heterocycles. The van der Waals surface area contributed by atoms with Gasteiger partial charge < -0.3 is 15.7 Å². The van der Waals surface area contributed by atoms with Crippen molar-refractivity contribution < 1.29 is 9.90 Å². The largest absolute Gasteiger partial charge is 0.396 e. The van der Waals surface area contributed by atoms with Crippen molar-refractivity contribution in [2.75, 3.05) is 26.2 Å². The van der Waals surface area contributed by atoms with Crippen LogP contribution in [0.15, 0.2) is 0 Å². The summed E-state index contributed by atoms with van der Waals surface area (Å²) in [7, 11) is 0. The Balaban J connectivity index is 2.36. The summed E-state index contributed by atoms with van der Waals surface area (Å²) in [6.45, 7) is 4.86. The molecular weight excluding hydrogens is 180 g/mol. The van der Waals surface area contributed by atoms with Gasteiger partial charge in [-0.3, -0.25) is 4.79 Å². The molecule has 14 heavy (non-hydrogen) atoms. The maximum Gasteiger partial charge on any atom is 0.221 e. The highest BCUT2D eigenvalue weighted by Gasteiger charge is 2.24. The van der Waals surface area contributed by atoms with E-state index in [0.29, 0.717) is 0 Å². The molecule has 0 spiro atoms. The standard InChI is InChI=1S/C10H20N2O2/c1-8(7-13)5-12-4-2-3-9(6-12)10(11)14/h8-9,13H,2-7H2,1H3,(H2,11,14). The molecule has 0 aromatic heterocycles. The molecule has 0 aliphatic carbocycles. The first-order valence-electron chi connectivity index (χ1n) is 5.26. The molecule has 3 N–H and O–H groups in total. The summed E-state index contributed by atoms with van der Waals surface area (Å²) >= 11 is 0. The van der Waals surface area contributed by atoms with Gasteiger partial charge in [-0.1, -0.05) is 6.92 Å². The minimum Gasteiger partial charge on any atom is -0.396 e. The van der Waals surface area contributed by atoms with Crippen LogP contribution in [0.2, 0.25) is 0 Å². The predicted molar refractivity (Wildman–Crippen MR) is 54.6 cm³/mol. The van der Waals surface area contributed by atoms with Crippen LogP contribution in [-0.2, 0) is 4.79 Å². The first-order valence-corrected chi connectivity index (χ1v) is 5.26. The number of nitrogens with two attached hydrogens (primary N) is 1. The third-order valence-corrected chi connectivity index (χ3v) is 2.79. The van der Waals surface area contributed by atoms with Crippen molar-refractivity contribution in [3.05, 3.63) is 0 Å². The fourth-order valence-electron chi connectivity index (χ4n) is 1.95. The lowest BCUT2D eigenvalue weighted by Gasteiger charge is -2.32. The number of primary amides is 1. The predicted octanol–water partition coefficient (Wildman–Crippen LogP) is -0.188. The third kappa shape index (κ3) is 3.27. The number of carbonyl (C=O) groups is 1. The van der Waals surface area contributed by atoms with E-state index in [-0.39, 0.29) is 24.3 Å². The highest BCUT2D eigenvalue weighted by atomic mass is 16.3. The van der Waals surface area contributed by atoms with E-state index < -0.39 is 0 Å². The smallest absolute Gasteiger partial charge is 0.221 e. The quantitative estimate of drug-likeness (QED) is 0.661. The second-order valence-corrected chi connectivity index (χ2v) is 4.29. The zero-order valence-electron chi connectivity index (χ0n) is 8.78. The van der Waals surface area contributed by atoms with Crippen molar-refractivity contribution in [2.45, 2.75) is 19.8 Å². The number of amides is 1. The van der Waals surface area contributed by atoms with Crippen molar-refractivity contribution in [1.29, 1.82) is 0 Å². The molecule has 0 aromatic rings. The van der Waals surface area contributed by atoms with Gasteiger partial charge in [0.15, 0.2) is 0 Å². The van der Waals surface area contributed by atoms with E-state index in [0.717, 1.165) is 32.5 Å². The van der Waals surface area contributed by atoms with Crippen molar-refractivity contribution >= 4 is 5.91 Å². The number of carbonyl (C=O) groups excluding carboxylic acids is 1. The Labute approximate surface area is 85.1 Å². The number of hydrogen-bond acceptors (Lipinski definition) is 3. The van der Waals surface area contributed by atoms with Crippen molar-refractivity contribution in [3.8, 4) is 0 Å². The monoisotopic (exact) mass is 200 g/mol.